The normalized spacial score (nSPS) is 45.6. The largest absolute Gasteiger partial charge is 0.488 e. The molecule has 1 N–H and O–H groups in total. The van der Waals surface area contributed by atoms with Crippen LogP contribution in [-0.4, -0.2) is 48.1 Å². The van der Waals surface area contributed by atoms with Crippen LogP contribution in [0.3, 0.4) is 0 Å². The van der Waals surface area contributed by atoms with Crippen molar-refractivity contribution >= 4 is 5.78 Å². The molecule has 27 heavy (non-hydrogen) atoms. The number of ether oxygens (including phenoxy) is 1. The molecule has 6 atom stereocenters. The number of hydrogen-bond acceptors (Lipinski definition) is 4. The number of benzene rings is 1. The van der Waals surface area contributed by atoms with E-state index < -0.39 is 5.41 Å². The highest BCUT2D eigenvalue weighted by Gasteiger charge is 2.78. The van der Waals surface area contributed by atoms with E-state index in [1.54, 1.807) is 6.92 Å². The third-order valence-electron chi connectivity index (χ3n) is 8.93. The van der Waals surface area contributed by atoms with Crippen molar-refractivity contribution in [1.82, 2.24) is 4.90 Å². The van der Waals surface area contributed by atoms with Crippen LogP contribution in [0.4, 0.5) is 0 Å². The monoisotopic (exact) mass is 365 g/mol. The molecule has 4 heteroatoms. The molecule has 0 unspecified atom stereocenters. The fourth-order valence-electron chi connectivity index (χ4n) is 7.80. The van der Waals surface area contributed by atoms with Gasteiger partial charge < -0.3 is 14.7 Å². The number of aliphatic hydroxyl groups is 1. The predicted molar refractivity (Wildman–Crippen MR) is 102 cm³/mol. The topological polar surface area (TPSA) is 49.8 Å². The van der Waals surface area contributed by atoms with Gasteiger partial charge in [-0.2, -0.15) is 0 Å². The van der Waals surface area contributed by atoms with Crippen molar-refractivity contribution in [3.8, 4) is 5.75 Å². The van der Waals surface area contributed by atoms with Gasteiger partial charge >= 0.3 is 0 Å². The smallest absolute Gasteiger partial charge is 0.134 e. The van der Waals surface area contributed by atoms with Gasteiger partial charge in [-0.1, -0.05) is 24.3 Å². The number of ketones is 1. The summed E-state index contributed by atoms with van der Waals surface area (Å²) in [4.78, 5) is 15.2. The molecule has 2 spiro atoms. The van der Waals surface area contributed by atoms with Gasteiger partial charge in [0.05, 0.1) is 12.0 Å². The number of rotatable bonds is 2. The quantitative estimate of drug-likeness (QED) is 0.818. The average molecular weight is 365 g/mol. The highest BCUT2D eigenvalue weighted by atomic mass is 16.5. The first-order valence-corrected chi connectivity index (χ1v) is 10.2. The average Bonchev–Trinajstić information content (AvgIpc) is 3.03. The Bertz CT molecular complexity index is 922. The van der Waals surface area contributed by atoms with Gasteiger partial charge in [0.1, 0.15) is 17.6 Å². The molecule has 0 radical (unpaired) electrons. The lowest BCUT2D eigenvalue weighted by Crippen LogP contribution is -2.77. The molecule has 1 aromatic carbocycles. The van der Waals surface area contributed by atoms with E-state index in [0.29, 0.717) is 6.04 Å². The highest BCUT2D eigenvalue weighted by Crippen LogP contribution is 2.75. The first kappa shape index (κ1) is 16.3. The molecule has 6 aliphatic rings. The molecular weight excluding hydrogens is 338 g/mol. The van der Waals surface area contributed by atoms with Gasteiger partial charge in [0.2, 0.25) is 0 Å². The van der Waals surface area contributed by atoms with Crippen LogP contribution in [0, 0.1) is 23.7 Å². The number of Topliss-reactive ketones (excluding diaryl/α,β-unsaturated/α-hetero) is 1. The van der Waals surface area contributed by atoms with Crippen LogP contribution in [0.15, 0.2) is 24.3 Å². The fraction of sp³-hybridized carbons (Fsp3) is 0.609. The second-order valence-electron chi connectivity index (χ2n) is 9.68. The maximum absolute atomic E-state index is 12.7. The van der Waals surface area contributed by atoms with Gasteiger partial charge in [0.25, 0.3) is 0 Å². The Labute approximate surface area is 160 Å². The van der Waals surface area contributed by atoms with Crippen LogP contribution in [0.25, 0.3) is 0 Å². The summed E-state index contributed by atoms with van der Waals surface area (Å²) in [5.74, 6) is 1.05. The van der Waals surface area contributed by atoms with Crippen LogP contribution in [-0.2, 0) is 16.6 Å². The number of nitrogens with zero attached hydrogens (tertiary/aromatic N) is 1. The fourth-order valence-corrected chi connectivity index (χ4v) is 7.80. The Morgan fingerprint density at radius 1 is 1.37 bits per heavy atom. The van der Waals surface area contributed by atoms with Crippen molar-refractivity contribution in [2.24, 2.45) is 16.7 Å². The Hall–Kier alpha value is -1.65. The Morgan fingerprint density at radius 2 is 2.19 bits per heavy atom. The number of aliphatic hydroxyl groups excluding tert-OH is 1. The minimum absolute atomic E-state index is 0.0287. The van der Waals surface area contributed by atoms with Crippen LogP contribution in [0.2, 0.25) is 0 Å². The molecule has 0 aromatic heterocycles. The van der Waals surface area contributed by atoms with E-state index in [0.717, 1.165) is 31.6 Å². The summed E-state index contributed by atoms with van der Waals surface area (Å²) in [6.45, 7) is 4.83. The number of carbonyl (C=O) groups is 1. The van der Waals surface area contributed by atoms with E-state index in [9.17, 15) is 9.90 Å². The minimum Gasteiger partial charge on any atom is -0.488 e. The maximum Gasteiger partial charge on any atom is 0.134 e. The van der Waals surface area contributed by atoms with Crippen LogP contribution in [0.5, 0.6) is 5.75 Å². The number of likely N-dealkylation sites (tertiary alicyclic amines) is 1. The van der Waals surface area contributed by atoms with Gasteiger partial charge in [-0.15, -0.1) is 0 Å². The van der Waals surface area contributed by atoms with Gasteiger partial charge in [-0.25, -0.2) is 0 Å². The standard InChI is InChI=1S/C23H27NO3/c1-13-4-5-15-10-17-22-7-6-21(12-25,16(11-22)14(2)26)20-23(22,8-9-24(17)3)18(15)19(13)27-20/h4-7,16-17,20,25H,8-12H2,1-3H3/t16-,17+,20-,21+,22+,23-/m0/s1. The van der Waals surface area contributed by atoms with E-state index in [1.165, 1.54) is 16.7 Å². The van der Waals surface area contributed by atoms with Crippen molar-refractivity contribution in [1.29, 1.82) is 0 Å². The molecule has 4 nitrogen and oxygen atoms in total. The molecule has 4 bridgehead atoms. The molecule has 142 valence electrons. The lowest BCUT2D eigenvalue weighted by atomic mass is 9.35. The Morgan fingerprint density at radius 3 is 2.93 bits per heavy atom. The van der Waals surface area contributed by atoms with Gasteiger partial charge in [-0.3, -0.25) is 4.79 Å². The summed E-state index contributed by atoms with van der Waals surface area (Å²) in [6, 6.07) is 4.86. The zero-order chi connectivity index (χ0) is 18.8. The molecule has 2 aliphatic heterocycles. The Balaban J connectivity index is 1.73. The third kappa shape index (κ3) is 1.46. The van der Waals surface area contributed by atoms with Gasteiger partial charge in [0.15, 0.2) is 0 Å². The van der Waals surface area contributed by atoms with E-state index >= 15 is 0 Å². The summed E-state index contributed by atoms with van der Waals surface area (Å²) >= 11 is 0. The number of fused-ring (bicyclic) bond motifs is 1. The molecule has 2 fully saturated rings. The second kappa shape index (κ2) is 4.66. The summed E-state index contributed by atoms with van der Waals surface area (Å²) < 4.78 is 6.77. The summed E-state index contributed by atoms with van der Waals surface area (Å²) in [5, 5.41) is 10.6. The van der Waals surface area contributed by atoms with Crippen LogP contribution < -0.4 is 4.74 Å². The van der Waals surface area contributed by atoms with Crippen molar-refractivity contribution in [2.45, 2.75) is 50.7 Å². The van der Waals surface area contributed by atoms with Crippen molar-refractivity contribution in [3.63, 3.8) is 0 Å². The first-order chi connectivity index (χ1) is 12.9. The van der Waals surface area contributed by atoms with Gasteiger partial charge in [-0.05, 0) is 57.8 Å². The van der Waals surface area contributed by atoms with E-state index in [1.807, 2.05) is 0 Å². The molecular formula is C23H27NO3. The molecule has 1 aromatic rings. The summed E-state index contributed by atoms with van der Waals surface area (Å²) in [7, 11) is 2.23. The van der Waals surface area contributed by atoms with Gasteiger partial charge in [0, 0.05) is 28.4 Å². The second-order valence-corrected chi connectivity index (χ2v) is 9.68. The lowest BCUT2D eigenvalue weighted by Gasteiger charge is -2.71. The molecule has 7 rings (SSSR count). The first-order valence-electron chi connectivity index (χ1n) is 10.2. The molecule has 1 saturated carbocycles. The predicted octanol–water partition coefficient (Wildman–Crippen LogP) is 2.40. The van der Waals surface area contributed by atoms with E-state index in [4.69, 9.17) is 4.74 Å². The van der Waals surface area contributed by atoms with E-state index in [2.05, 4.69) is 43.2 Å². The van der Waals surface area contributed by atoms with Crippen molar-refractivity contribution < 1.29 is 14.6 Å². The molecule has 0 amide bonds. The summed E-state index contributed by atoms with van der Waals surface area (Å²) in [5.41, 5.74) is 3.20. The minimum atomic E-state index is -0.603. The number of aryl methyl sites for hydroxylation is 1. The molecule has 4 aliphatic carbocycles. The lowest BCUT2D eigenvalue weighted by molar-refractivity contribution is -0.184. The third-order valence-corrected chi connectivity index (χ3v) is 8.93. The molecule has 2 heterocycles. The maximum atomic E-state index is 12.7. The van der Waals surface area contributed by atoms with E-state index in [-0.39, 0.29) is 35.2 Å². The van der Waals surface area contributed by atoms with Crippen molar-refractivity contribution in [3.05, 3.63) is 41.0 Å². The molecule has 1 saturated heterocycles. The summed E-state index contributed by atoms with van der Waals surface area (Å²) in [6.07, 6.45) is 7.30. The van der Waals surface area contributed by atoms with Crippen LogP contribution in [0.1, 0.15) is 36.5 Å². The Kier molecular flexibility index (Phi) is 2.82. The van der Waals surface area contributed by atoms with Crippen molar-refractivity contribution in [2.75, 3.05) is 20.2 Å². The number of likely N-dealkylation sites (N-methyl/N-ethyl adjacent to an activating group) is 1. The van der Waals surface area contributed by atoms with Crippen LogP contribution >= 0.6 is 0 Å². The highest BCUT2D eigenvalue weighted by molar-refractivity contribution is 5.81. The number of hydrogen-bond donors (Lipinski definition) is 1. The SMILES string of the molecule is CC(=O)[C@@H]1C[C@@]23C=C[C@]1(CO)[C@@H]1Oc4c(C)ccc5c4[C@@]12CCN(C)[C@@H]3C5. The number of piperidine rings is 1. The number of carbonyl (C=O) groups excluding carboxylic acids is 1. The zero-order valence-electron chi connectivity index (χ0n) is 16.3. The zero-order valence-corrected chi connectivity index (χ0v) is 16.3.